The highest BCUT2D eigenvalue weighted by molar-refractivity contribution is 7.79. The molecule has 1 rings (SSSR count). The van der Waals surface area contributed by atoms with E-state index in [0.717, 1.165) is 0 Å². The SMILES string of the molecule is CC(N1CCN(C(=N)N)CC1)S(=O)[O-]. The zero-order valence-electron chi connectivity index (χ0n) is 8.10. The number of nitrogens with two attached hydrogens (primary N) is 1. The number of rotatable bonds is 2. The van der Waals surface area contributed by atoms with Gasteiger partial charge in [0.15, 0.2) is 5.96 Å². The highest BCUT2D eigenvalue weighted by Gasteiger charge is 2.21. The van der Waals surface area contributed by atoms with Crippen LogP contribution in [0.5, 0.6) is 0 Å². The van der Waals surface area contributed by atoms with Gasteiger partial charge in [0, 0.05) is 26.2 Å². The van der Waals surface area contributed by atoms with Gasteiger partial charge in [0.2, 0.25) is 0 Å². The molecule has 1 saturated heterocycles. The molecule has 2 atom stereocenters. The predicted octanol–water partition coefficient (Wildman–Crippen LogP) is -1.28. The fraction of sp³-hybridized carbons (Fsp3) is 0.857. The van der Waals surface area contributed by atoms with E-state index in [1.807, 2.05) is 4.90 Å². The standard InChI is InChI=1S/C7H16N4O2S/c1-6(14(12)13)10-2-4-11(5-3-10)7(8)9/h6H,2-5H2,1H3,(H3,8,9)(H,12,13)/p-1. The van der Waals surface area contributed by atoms with Gasteiger partial charge in [-0.1, -0.05) is 0 Å². The summed E-state index contributed by atoms with van der Waals surface area (Å²) in [5.41, 5.74) is 5.32. The second-order valence-corrected chi connectivity index (χ2v) is 4.47. The quantitative estimate of drug-likeness (QED) is 0.343. The Bertz CT molecular complexity index is 240. The number of hydrogen-bond donors (Lipinski definition) is 2. The van der Waals surface area contributed by atoms with Crippen LogP contribution in [-0.2, 0) is 11.1 Å². The maximum absolute atomic E-state index is 10.7. The summed E-state index contributed by atoms with van der Waals surface area (Å²) in [5, 5.41) is 6.76. The first-order valence-electron chi connectivity index (χ1n) is 4.43. The van der Waals surface area contributed by atoms with Crippen LogP contribution in [-0.4, -0.2) is 56.1 Å². The van der Waals surface area contributed by atoms with Gasteiger partial charge in [-0.05, 0) is 18.0 Å². The van der Waals surface area contributed by atoms with Crippen molar-refractivity contribution in [2.75, 3.05) is 26.2 Å². The minimum Gasteiger partial charge on any atom is -0.771 e. The number of piperazine rings is 1. The largest absolute Gasteiger partial charge is 0.771 e. The maximum Gasteiger partial charge on any atom is 0.188 e. The molecular formula is C7H15N4O2S-. The Hall–Kier alpha value is -0.660. The minimum absolute atomic E-state index is 0.0561. The third kappa shape index (κ3) is 2.66. The van der Waals surface area contributed by atoms with Crippen LogP contribution in [0, 0.1) is 5.41 Å². The Morgan fingerprint density at radius 2 is 2.00 bits per heavy atom. The smallest absolute Gasteiger partial charge is 0.188 e. The Labute approximate surface area is 85.8 Å². The molecule has 0 spiro atoms. The molecule has 82 valence electrons. The summed E-state index contributed by atoms with van der Waals surface area (Å²) in [6.45, 7) is 4.17. The molecule has 0 aromatic rings. The van der Waals surface area contributed by atoms with Crippen LogP contribution in [0.2, 0.25) is 0 Å². The Balaban J connectivity index is 2.43. The molecule has 1 aliphatic rings. The van der Waals surface area contributed by atoms with Crippen molar-refractivity contribution in [2.45, 2.75) is 12.3 Å². The second-order valence-electron chi connectivity index (χ2n) is 3.27. The molecule has 0 amide bonds. The summed E-state index contributed by atoms with van der Waals surface area (Å²) < 4.78 is 21.4. The molecule has 0 aliphatic carbocycles. The highest BCUT2D eigenvalue weighted by Crippen LogP contribution is 2.07. The van der Waals surface area contributed by atoms with E-state index < -0.39 is 16.5 Å². The van der Waals surface area contributed by atoms with Crippen molar-refractivity contribution >= 4 is 17.0 Å². The number of hydrogen-bond acceptors (Lipinski definition) is 4. The van der Waals surface area contributed by atoms with Gasteiger partial charge in [0.05, 0.1) is 5.37 Å². The normalized spacial score (nSPS) is 23.1. The molecule has 0 aromatic carbocycles. The van der Waals surface area contributed by atoms with Crippen molar-refractivity contribution in [3.63, 3.8) is 0 Å². The number of nitrogens with zero attached hydrogens (tertiary/aromatic N) is 2. The van der Waals surface area contributed by atoms with E-state index in [-0.39, 0.29) is 5.96 Å². The Morgan fingerprint density at radius 1 is 1.50 bits per heavy atom. The lowest BCUT2D eigenvalue weighted by atomic mass is 10.3. The lowest BCUT2D eigenvalue weighted by Crippen LogP contribution is -2.53. The molecule has 0 radical (unpaired) electrons. The molecule has 14 heavy (non-hydrogen) atoms. The average molecular weight is 219 g/mol. The number of nitrogens with one attached hydrogen (secondary N) is 1. The average Bonchev–Trinajstić information content (AvgIpc) is 2.16. The fourth-order valence-electron chi connectivity index (χ4n) is 1.45. The summed E-state index contributed by atoms with van der Waals surface area (Å²) >= 11 is -2.06. The maximum atomic E-state index is 10.7. The van der Waals surface area contributed by atoms with Gasteiger partial charge < -0.3 is 15.2 Å². The van der Waals surface area contributed by atoms with Crippen LogP contribution in [0.1, 0.15) is 6.92 Å². The summed E-state index contributed by atoms with van der Waals surface area (Å²) in [7, 11) is 0. The molecule has 1 aliphatic heterocycles. The van der Waals surface area contributed by atoms with Gasteiger partial charge in [0.1, 0.15) is 0 Å². The molecule has 3 N–H and O–H groups in total. The van der Waals surface area contributed by atoms with Gasteiger partial charge >= 0.3 is 0 Å². The van der Waals surface area contributed by atoms with Crippen LogP contribution >= 0.6 is 0 Å². The molecule has 1 fully saturated rings. The summed E-state index contributed by atoms with van der Waals surface area (Å²) in [6, 6.07) is 0. The van der Waals surface area contributed by atoms with E-state index in [1.54, 1.807) is 11.8 Å². The monoisotopic (exact) mass is 219 g/mol. The van der Waals surface area contributed by atoms with Gasteiger partial charge in [-0.2, -0.15) is 0 Å². The molecule has 6 nitrogen and oxygen atoms in total. The van der Waals surface area contributed by atoms with Crippen LogP contribution in [0.25, 0.3) is 0 Å². The minimum atomic E-state index is -2.06. The molecule has 0 bridgehead atoms. The van der Waals surface area contributed by atoms with E-state index >= 15 is 0 Å². The Kier molecular flexibility index (Phi) is 3.85. The van der Waals surface area contributed by atoms with E-state index in [2.05, 4.69) is 0 Å². The topological polar surface area (TPSA) is 96.5 Å². The van der Waals surface area contributed by atoms with E-state index in [9.17, 15) is 8.76 Å². The summed E-state index contributed by atoms with van der Waals surface area (Å²) in [4.78, 5) is 3.60. The molecular weight excluding hydrogens is 204 g/mol. The zero-order chi connectivity index (χ0) is 10.7. The first-order chi connectivity index (χ1) is 6.52. The molecule has 7 heteroatoms. The van der Waals surface area contributed by atoms with Crippen molar-refractivity contribution in [2.24, 2.45) is 5.73 Å². The lowest BCUT2D eigenvalue weighted by molar-refractivity contribution is 0.169. The number of guanidine groups is 1. The van der Waals surface area contributed by atoms with Gasteiger partial charge in [-0.25, -0.2) is 0 Å². The predicted molar refractivity (Wildman–Crippen MR) is 53.4 cm³/mol. The lowest BCUT2D eigenvalue weighted by Gasteiger charge is -2.38. The summed E-state index contributed by atoms with van der Waals surface area (Å²) in [5.74, 6) is 0.0561. The second kappa shape index (κ2) is 4.72. The van der Waals surface area contributed by atoms with Crippen LogP contribution in [0.4, 0.5) is 0 Å². The van der Waals surface area contributed by atoms with Crippen LogP contribution in [0.3, 0.4) is 0 Å². The van der Waals surface area contributed by atoms with E-state index in [4.69, 9.17) is 11.1 Å². The van der Waals surface area contributed by atoms with Crippen molar-refractivity contribution in [3.8, 4) is 0 Å². The van der Waals surface area contributed by atoms with E-state index in [1.165, 1.54) is 0 Å². The molecule has 0 aromatic heterocycles. The fourth-order valence-corrected chi connectivity index (χ4v) is 1.90. The van der Waals surface area contributed by atoms with Gasteiger partial charge in [-0.3, -0.25) is 14.5 Å². The third-order valence-corrected chi connectivity index (χ3v) is 3.30. The Morgan fingerprint density at radius 3 is 2.36 bits per heavy atom. The van der Waals surface area contributed by atoms with Crippen molar-refractivity contribution in [1.29, 1.82) is 5.41 Å². The summed E-state index contributed by atoms with van der Waals surface area (Å²) in [6.07, 6.45) is 0. The molecule has 2 unspecified atom stereocenters. The zero-order valence-corrected chi connectivity index (χ0v) is 8.92. The first-order valence-corrected chi connectivity index (χ1v) is 5.57. The van der Waals surface area contributed by atoms with Gasteiger partial charge in [-0.15, -0.1) is 0 Å². The first kappa shape index (κ1) is 11.4. The molecule has 0 saturated carbocycles. The van der Waals surface area contributed by atoms with Gasteiger partial charge in [0.25, 0.3) is 0 Å². The van der Waals surface area contributed by atoms with Crippen molar-refractivity contribution < 1.29 is 8.76 Å². The highest BCUT2D eigenvalue weighted by atomic mass is 32.2. The van der Waals surface area contributed by atoms with Crippen LogP contribution < -0.4 is 5.73 Å². The third-order valence-electron chi connectivity index (χ3n) is 2.45. The van der Waals surface area contributed by atoms with Crippen LogP contribution in [0.15, 0.2) is 0 Å². The van der Waals surface area contributed by atoms with Crippen molar-refractivity contribution in [3.05, 3.63) is 0 Å². The molecule has 1 heterocycles. The van der Waals surface area contributed by atoms with E-state index in [0.29, 0.717) is 26.2 Å². The van der Waals surface area contributed by atoms with Crippen molar-refractivity contribution in [1.82, 2.24) is 9.80 Å².